The van der Waals surface area contributed by atoms with E-state index in [-0.39, 0.29) is 0 Å². The van der Waals surface area contributed by atoms with E-state index in [1.54, 1.807) is 6.20 Å². The molecule has 0 aliphatic heterocycles. The Hall–Kier alpha value is -1.62. The van der Waals surface area contributed by atoms with E-state index in [1.165, 1.54) is 5.69 Å². The third-order valence-corrected chi connectivity index (χ3v) is 2.52. The lowest BCUT2D eigenvalue weighted by Crippen LogP contribution is -2.11. The zero-order chi connectivity index (χ0) is 10.7. The Morgan fingerprint density at radius 2 is 1.93 bits per heavy atom. The Labute approximate surface area is 88.5 Å². The zero-order valence-electron chi connectivity index (χ0n) is 8.80. The van der Waals surface area contributed by atoms with E-state index in [9.17, 15) is 0 Å². The molecule has 2 heterocycles. The van der Waals surface area contributed by atoms with Crippen molar-refractivity contribution in [3.05, 3.63) is 35.9 Å². The first-order valence-electron chi connectivity index (χ1n) is 4.99. The molecule has 0 radical (unpaired) electrons. The number of hydrogen-bond donors (Lipinski definition) is 1. The Kier molecular flexibility index (Phi) is 2.82. The first-order valence-corrected chi connectivity index (χ1v) is 4.99. The number of rotatable bonds is 4. The third-order valence-electron chi connectivity index (χ3n) is 2.52. The van der Waals surface area contributed by atoms with Crippen molar-refractivity contribution in [2.24, 2.45) is 12.8 Å². The Morgan fingerprint density at radius 3 is 2.60 bits per heavy atom. The highest BCUT2D eigenvalue weighted by Gasteiger charge is 2.02. The summed E-state index contributed by atoms with van der Waals surface area (Å²) in [6.45, 7) is 1.38. The van der Waals surface area contributed by atoms with Gasteiger partial charge in [0.2, 0.25) is 0 Å². The molecule has 15 heavy (non-hydrogen) atoms. The molecule has 2 aromatic heterocycles. The van der Waals surface area contributed by atoms with Crippen LogP contribution in [0.5, 0.6) is 0 Å². The van der Waals surface area contributed by atoms with E-state index in [0.29, 0.717) is 6.54 Å². The summed E-state index contributed by atoms with van der Waals surface area (Å²) in [5, 5.41) is 8.34. The summed E-state index contributed by atoms with van der Waals surface area (Å²) in [6, 6.07) is 3.97. The van der Waals surface area contributed by atoms with Crippen molar-refractivity contribution < 1.29 is 0 Å². The summed E-state index contributed by atoms with van der Waals surface area (Å²) in [7, 11) is 1.95. The fourth-order valence-electron chi connectivity index (χ4n) is 1.60. The van der Waals surface area contributed by atoms with Crippen LogP contribution < -0.4 is 5.73 Å². The zero-order valence-corrected chi connectivity index (χ0v) is 8.80. The summed E-state index contributed by atoms with van der Waals surface area (Å²) < 4.78 is 3.82. The summed E-state index contributed by atoms with van der Waals surface area (Å²) in [5.74, 6) is 0. The van der Waals surface area contributed by atoms with Gasteiger partial charge in [0.1, 0.15) is 0 Å². The lowest BCUT2D eigenvalue weighted by molar-refractivity contribution is 0.564. The van der Waals surface area contributed by atoms with Gasteiger partial charge in [-0.25, -0.2) is 0 Å². The highest BCUT2D eigenvalue weighted by Crippen LogP contribution is 2.02. The summed E-state index contributed by atoms with van der Waals surface area (Å²) in [6.07, 6.45) is 4.51. The monoisotopic (exact) mass is 205 g/mol. The second-order valence-corrected chi connectivity index (χ2v) is 3.45. The third kappa shape index (κ3) is 2.07. The normalized spacial score (nSPS) is 10.8. The molecule has 0 bridgehead atoms. The van der Waals surface area contributed by atoms with Crippen LogP contribution in [0.2, 0.25) is 0 Å². The molecule has 0 atom stereocenters. The van der Waals surface area contributed by atoms with Gasteiger partial charge in [0.25, 0.3) is 0 Å². The van der Waals surface area contributed by atoms with Gasteiger partial charge in [0.15, 0.2) is 0 Å². The fourth-order valence-corrected chi connectivity index (χ4v) is 1.60. The van der Waals surface area contributed by atoms with Gasteiger partial charge in [-0.1, -0.05) is 0 Å². The molecule has 0 amide bonds. The van der Waals surface area contributed by atoms with Crippen molar-refractivity contribution in [1.82, 2.24) is 19.6 Å². The van der Waals surface area contributed by atoms with Crippen LogP contribution in [-0.4, -0.2) is 19.6 Å². The maximum Gasteiger partial charge on any atom is 0.0520 e. The van der Waals surface area contributed by atoms with Gasteiger partial charge in [-0.2, -0.15) is 10.2 Å². The van der Waals surface area contributed by atoms with Gasteiger partial charge in [-0.05, 0) is 12.1 Å². The SMILES string of the molecule is Cn1nccc1CCn1nccc1CN. The van der Waals surface area contributed by atoms with Crippen molar-refractivity contribution in [3.8, 4) is 0 Å². The molecule has 0 aliphatic rings. The maximum atomic E-state index is 5.60. The summed E-state index contributed by atoms with van der Waals surface area (Å²) >= 11 is 0. The minimum Gasteiger partial charge on any atom is -0.325 e. The Morgan fingerprint density at radius 1 is 1.20 bits per heavy atom. The highest BCUT2D eigenvalue weighted by molar-refractivity contribution is 5.02. The Bertz CT molecular complexity index is 428. The van der Waals surface area contributed by atoms with E-state index < -0.39 is 0 Å². The minimum atomic E-state index is 0.533. The topological polar surface area (TPSA) is 61.7 Å². The molecule has 0 aliphatic carbocycles. The van der Waals surface area contributed by atoms with E-state index in [4.69, 9.17) is 5.73 Å². The highest BCUT2D eigenvalue weighted by atomic mass is 15.3. The van der Waals surface area contributed by atoms with Crippen LogP contribution in [-0.2, 0) is 26.6 Å². The first-order chi connectivity index (χ1) is 7.31. The second-order valence-electron chi connectivity index (χ2n) is 3.45. The number of nitrogens with two attached hydrogens (primary N) is 1. The molecule has 5 nitrogen and oxygen atoms in total. The quantitative estimate of drug-likeness (QED) is 0.781. The molecule has 0 unspecified atom stereocenters. The standard InChI is InChI=1S/C10H15N5/c1-14-9(2-5-12-14)4-7-15-10(8-11)3-6-13-15/h2-3,5-6H,4,7-8,11H2,1H3. The molecule has 0 aromatic carbocycles. The lowest BCUT2D eigenvalue weighted by atomic mass is 10.3. The van der Waals surface area contributed by atoms with Gasteiger partial charge in [-0.15, -0.1) is 0 Å². The predicted octanol–water partition coefficient (Wildman–Crippen LogP) is 0.318. The molecular formula is C10H15N5. The van der Waals surface area contributed by atoms with Crippen LogP contribution in [0.15, 0.2) is 24.5 Å². The number of nitrogens with zero attached hydrogens (tertiary/aromatic N) is 4. The smallest absolute Gasteiger partial charge is 0.0520 e. The molecule has 0 spiro atoms. The average molecular weight is 205 g/mol. The predicted molar refractivity (Wildman–Crippen MR) is 57.0 cm³/mol. The largest absolute Gasteiger partial charge is 0.325 e. The minimum absolute atomic E-state index is 0.533. The molecule has 0 saturated carbocycles. The number of aromatic nitrogens is 4. The fraction of sp³-hybridized carbons (Fsp3) is 0.400. The summed E-state index contributed by atoms with van der Waals surface area (Å²) in [5.41, 5.74) is 7.86. The first kappa shape index (κ1) is 9.92. The van der Waals surface area contributed by atoms with Gasteiger partial charge < -0.3 is 5.73 Å². The van der Waals surface area contributed by atoms with Gasteiger partial charge in [0, 0.05) is 44.6 Å². The second kappa shape index (κ2) is 4.27. The van der Waals surface area contributed by atoms with Crippen LogP contribution >= 0.6 is 0 Å². The molecule has 2 rings (SSSR count). The number of aryl methyl sites for hydroxylation is 3. The van der Waals surface area contributed by atoms with Crippen LogP contribution in [0, 0.1) is 0 Å². The van der Waals surface area contributed by atoms with Crippen molar-refractivity contribution in [1.29, 1.82) is 0 Å². The van der Waals surface area contributed by atoms with Crippen molar-refractivity contribution in [2.75, 3.05) is 0 Å². The van der Waals surface area contributed by atoms with E-state index in [0.717, 1.165) is 18.7 Å². The van der Waals surface area contributed by atoms with E-state index in [2.05, 4.69) is 10.2 Å². The van der Waals surface area contributed by atoms with Gasteiger partial charge >= 0.3 is 0 Å². The van der Waals surface area contributed by atoms with Gasteiger partial charge in [-0.3, -0.25) is 9.36 Å². The molecule has 80 valence electrons. The van der Waals surface area contributed by atoms with Crippen LogP contribution in [0.1, 0.15) is 11.4 Å². The van der Waals surface area contributed by atoms with Crippen LogP contribution in [0.3, 0.4) is 0 Å². The number of hydrogen-bond acceptors (Lipinski definition) is 3. The Balaban J connectivity index is 2.02. The molecule has 0 fully saturated rings. The molecule has 2 N–H and O–H groups in total. The van der Waals surface area contributed by atoms with E-state index in [1.807, 2.05) is 34.7 Å². The lowest BCUT2D eigenvalue weighted by Gasteiger charge is -2.05. The molecular weight excluding hydrogens is 190 g/mol. The molecule has 0 saturated heterocycles. The van der Waals surface area contributed by atoms with Crippen LogP contribution in [0.25, 0.3) is 0 Å². The van der Waals surface area contributed by atoms with Crippen molar-refractivity contribution in [3.63, 3.8) is 0 Å². The van der Waals surface area contributed by atoms with E-state index >= 15 is 0 Å². The van der Waals surface area contributed by atoms with Crippen molar-refractivity contribution >= 4 is 0 Å². The van der Waals surface area contributed by atoms with Gasteiger partial charge in [0.05, 0.1) is 5.69 Å². The summed E-state index contributed by atoms with van der Waals surface area (Å²) in [4.78, 5) is 0. The average Bonchev–Trinajstić information content (AvgIpc) is 2.83. The van der Waals surface area contributed by atoms with Crippen molar-refractivity contribution in [2.45, 2.75) is 19.5 Å². The molecule has 5 heteroatoms. The maximum absolute atomic E-state index is 5.60. The van der Waals surface area contributed by atoms with Crippen LogP contribution in [0.4, 0.5) is 0 Å². The molecule has 2 aromatic rings.